The number of alkyl halides is 3. The number of aromatic nitrogens is 2. The van der Waals surface area contributed by atoms with Gasteiger partial charge in [-0.1, -0.05) is 48.5 Å². The number of rotatable bonds is 9. The van der Waals surface area contributed by atoms with Gasteiger partial charge in [-0.05, 0) is 53.6 Å². The number of halogens is 3. The Bertz CT molecular complexity index is 1750. The van der Waals surface area contributed by atoms with E-state index in [0.717, 1.165) is 12.8 Å². The molecule has 0 saturated carbocycles. The van der Waals surface area contributed by atoms with Crippen LogP contribution in [0.5, 0.6) is 0 Å². The van der Waals surface area contributed by atoms with Gasteiger partial charge in [0.2, 0.25) is 17.5 Å². The van der Waals surface area contributed by atoms with Crippen molar-refractivity contribution >= 4 is 29.5 Å². The molecule has 13 heteroatoms. The third kappa shape index (κ3) is 7.29. The van der Waals surface area contributed by atoms with Gasteiger partial charge in [-0.3, -0.25) is 9.59 Å². The van der Waals surface area contributed by atoms with Crippen molar-refractivity contribution in [1.82, 2.24) is 14.9 Å². The van der Waals surface area contributed by atoms with Crippen molar-refractivity contribution in [2.75, 3.05) is 42.5 Å². The minimum atomic E-state index is -4.87. The second-order valence-electron chi connectivity index (χ2n) is 11.7. The van der Waals surface area contributed by atoms with E-state index in [1.807, 2.05) is 30.3 Å². The monoisotopic (exact) mass is 647 g/mol. The number of carboxylic acid groups (broad SMARTS) is 1. The molecule has 4 aromatic rings. The number of anilines is 2. The van der Waals surface area contributed by atoms with E-state index in [9.17, 15) is 32.7 Å². The number of ketones is 1. The fraction of sp³-hybridized carbons (Fsp3) is 0.324. The topological polar surface area (TPSA) is 120 Å². The predicted octanol–water partition coefficient (Wildman–Crippen LogP) is 5.44. The van der Waals surface area contributed by atoms with E-state index in [1.54, 1.807) is 39.0 Å². The van der Waals surface area contributed by atoms with Gasteiger partial charge in [-0.25, -0.2) is 9.78 Å². The first-order valence-electron chi connectivity index (χ1n) is 15.3. The quantitative estimate of drug-likeness (QED) is 0.237. The van der Waals surface area contributed by atoms with Crippen molar-refractivity contribution < 1.29 is 37.1 Å². The number of pyridine rings is 1. The molecule has 0 radical (unpaired) electrons. The van der Waals surface area contributed by atoms with Crippen LogP contribution in [0.25, 0.3) is 0 Å². The predicted molar refractivity (Wildman–Crippen MR) is 165 cm³/mol. The molecule has 2 aliphatic rings. The molecule has 0 bridgehead atoms. The zero-order valence-corrected chi connectivity index (χ0v) is 25.3. The van der Waals surface area contributed by atoms with Gasteiger partial charge in [0, 0.05) is 45.3 Å². The molecule has 2 fully saturated rings. The molecule has 4 heterocycles. The second kappa shape index (κ2) is 13.3. The van der Waals surface area contributed by atoms with Gasteiger partial charge in [0.1, 0.15) is 5.82 Å². The first kappa shape index (κ1) is 31.8. The molecule has 0 unspecified atom stereocenters. The summed E-state index contributed by atoms with van der Waals surface area (Å²) in [5.74, 6) is -2.12. The maximum absolute atomic E-state index is 13.9. The number of carbonyl (C=O) groups is 3. The average molecular weight is 648 g/mol. The number of nitrogens with zero attached hydrogens (tertiary/aromatic N) is 5. The Morgan fingerprint density at radius 1 is 0.915 bits per heavy atom. The van der Waals surface area contributed by atoms with E-state index < -0.39 is 29.4 Å². The Morgan fingerprint density at radius 2 is 1.68 bits per heavy atom. The molecule has 2 aromatic carbocycles. The van der Waals surface area contributed by atoms with E-state index in [-0.39, 0.29) is 42.9 Å². The fourth-order valence-corrected chi connectivity index (χ4v) is 6.02. The summed E-state index contributed by atoms with van der Waals surface area (Å²) in [6.07, 6.45) is -2.40. The first-order valence-corrected chi connectivity index (χ1v) is 15.3. The summed E-state index contributed by atoms with van der Waals surface area (Å²) in [6.45, 7) is 2.07. The highest BCUT2D eigenvalue weighted by Gasteiger charge is 2.42. The minimum absolute atomic E-state index is 0.0439. The molecule has 2 aliphatic heterocycles. The van der Waals surface area contributed by atoms with Gasteiger partial charge >= 0.3 is 12.1 Å². The van der Waals surface area contributed by atoms with Crippen LogP contribution >= 0.6 is 0 Å². The van der Waals surface area contributed by atoms with Crippen LogP contribution in [0.4, 0.5) is 25.0 Å². The molecule has 47 heavy (non-hydrogen) atoms. The molecular weight excluding hydrogens is 615 g/mol. The van der Waals surface area contributed by atoms with Crippen LogP contribution in [-0.4, -0.2) is 70.4 Å². The number of carbonyl (C=O) groups excluding carboxylic acids is 2. The van der Waals surface area contributed by atoms with E-state index in [4.69, 9.17) is 4.42 Å². The average Bonchev–Trinajstić information content (AvgIpc) is 3.54. The van der Waals surface area contributed by atoms with Crippen LogP contribution in [-0.2, 0) is 23.9 Å². The number of hydrogen-bond donors (Lipinski definition) is 1. The minimum Gasteiger partial charge on any atom is -0.478 e. The van der Waals surface area contributed by atoms with Crippen LogP contribution in [0.15, 0.2) is 77.3 Å². The van der Waals surface area contributed by atoms with E-state index in [2.05, 4.69) is 9.97 Å². The maximum Gasteiger partial charge on any atom is 0.437 e. The third-order valence-electron chi connectivity index (χ3n) is 8.54. The third-order valence-corrected chi connectivity index (χ3v) is 8.54. The smallest absolute Gasteiger partial charge is 0.437 e. The zero-order valence-electron chi connectivity index (χ0n) is 25.3. The lowest BCUT2D eigenvalue weighted by atomic mass is 9.90. The normalized spacial score (nSPS) is 16.1. The summed E-state index contributed by atoms with van der Waals surface area (Å²) in [4.78, 5) is 50.4. The molecule has 2 aromatic heterocycles. The maximum atomic E-state index is 13.9. The Balaban J connectivity index is 1.07. The van der Waals surface area contributed by atoms with Gasteiger partial charge in [0.15, 0.2) is 5.69 Å². The summed E-state index contributed by atoms with van der Waals surface area (Å²) in [5, 5.41) is 9.22. The SMILES string of the molecule is O=C(O)c1cccc(CN2CCN(c3ccc(CC(=O)c4oc(N5CCC(c6ccccc6)CC5)nc4C(F)(F)F)cn3)CC2=O)c1. The van der Waals surface area contributed by atoms with Gasteiger partial charge in [0.25, 0.3) is 6.01 Å². The lowest BCUT2D eigenvalue weighted by Crippen LogP contribution is -2.50. The molecule has 1 amide bonds. The fourth-order valence-electron chi connectivity index (χ4n) is 6.02. The van der Waals surface area contributed by atoms with Crippen LogP contribution < -0.4 is 9.80 Å². The summed E-state index contributed by atoms with van der Waals surface area (Å²) in [7, 11) is 0. The number of carboxylic acids is 1. The van der Waals surface area contributed by atoms with Crippen LogP contribution in [0.2, 0.25) is 0 Å². The standard InChI is InChI=1S/C34H32F3N5O5/c35-34(36,37)31-30(47-33(39-31)40-13-11-25(12-14-40)24-6-2-1-3-7-24)27(43)18-22-9-10-28(38-19-22)41-15-16-42(29(44)21-41)20-23-5-4-8-26(17-23)32(45)46/h1-10,17,19,25H,11-16,18,20-21H2,(H,45,46). The molecule has 6 rings (SSSR count). The van der Waals surface area contributed by atoms with Crippen molar-refractivity contribution in [2.24, 2.45) is 0 Å². The number of Topliss-reactive ketones (excluding diaryl/α,β-unsaturated/α-hetero) is 1. The first-order chi connectivity index (χ1) is 22.5. The van der Waals surface area contributed by atoms with Crippen LogP contribution in [0.1, 0.15) is 62.1 Å². The summed E-state index contributed by atoms with van der Waals surface area (Å²) < 4.78 is 47.3. The molecule has 0 spiro atoms. The summed E-state index contributed by atoms with van der Waals surface area (Å²) in [6, 6.07) is 19.4. The lowest BCUT2D eigenvalue weighted by molar-refractivity contribution is -0.141. The second-order valence-corrected chi connectivity index (χ2v) is 11.7. The van der Waals surface area contributed by atoms with Gasteiger partial charge in [-0.2, -0.15) is 18.2 Å². The Morgan fingerprint density at radius 3 is 2.34 bits per heavy atom. The summed E-state index contributed by atoms with van der Waals surface area (Å²) >= 11 is 0. The summed E-state index contributed by atoms with van der Waals surface area (Å²) in [5.41, 5.74) is 1.09. The number of piperazine rings is 1. The van der Waals surface area contributed by atoms with Crippen LogP contribution in [0, 0.1) is 0 Å². The van der Waals surface area contributed by atoms with E-state index >= 15 is 0 Å². The molecular formula is C34H32F3N5O5. The van der Waals surface area contributed by atoms with Crippen LogP contribution in [0.3, 0.4) is 0 Å². The van der Waals surface area contributed by atoms with Crippen molar-refractivity contribution in [1.29, 1.82) is 0 Å². The number of hydrogen-bond acceptors (Lipinski definition) is 8. The lowest BCUT2D eigenvalue weighted by Gasteiger charge is -2.35. The van der Waals surface area contributed by atoms with E-state index in [0.29, 0.717) is 43.1 Å². The van der Waals surface area contributed by atoms with Gasteiger partial charge in [0.05, 0.1) is 12.1 Å². The molecule has 0 atom stereocenters. The molecule has 10 nitrogen and oxygen atoms in total. The Hall–Kier alpha value is -5.20. The number of benzene rings is 2. The molecule has 0 aliphatic carbocycles. The highest BCUT2D eigenvalue weighted by atomic mass is 19.4. The van der Waals surface area contributed by atoms with Crippen molar-refractivity contribution in [2.45, 2.75) is 37.9 Å². The number of amides is 1. The van der Waals surface area contributed by atoms with Gasteiger partial charge in [-0.15, -0.1) is 0 Å². The Kier molecular flexibility index (Phi) is 8.97. The highest BCUT2D eigenvalue weighted by molar-refractivity contribution is 5.96. The Labute approximate surface area is 268 Å². The highest BCUT2D eigenvalue weighted by Crippen LogP contribution is 2.37. The van der Waals surface area contributed by atoms with Gasteiger partial charge < -0.3 is 24.2 Å². The van der Waals surface area contributed by atoms with E-state index in [1.165, 1.54) is 23.9 Å². The molecule has 2 saturated heterocycles. The number of aromatic carboxylic acids is 1. The van der Waals surface area contributed by atoms with Crippen molar-refractivity contribution in [3.8, 4) is 0 Å². The molecule has 244 valence electrons. The largest absolute Gasteiger partial charge is 0.478 e. The van der Waals surface area contributed by atoms with Crippen molar-refractivity contribution in [3.05, 3.63) is 107 Å². The number of piperidine rings is 1. The molecule has 1 N–H and O–H groups in total. The van der Waals surface area contributed by atoms with Crippen molar-refractivity contribution in [3.63, 3.8) is 0 Å². The zero-order chi connectivity index (χ0) is 33.1. The number of oxazole rings is 1.